The number of carbonyl (C=O) groups is 1. The number of hydrogen-bond acceptors (Lipinski definition) is 3. The second-order valence-electron chi connectivity index (χ2n) is 4.72. The first-order chi connectivity index (χ1) is 10.0. The van der Waals surface area contributed by atoms with Crippen LogP contribution in [0.15, 0.2) is 36.4 Å². The zero-order valence-electron chi connectivity index (χ0n) is 11.6. The molecule has 0 aliphatic carbocycles. The Bertz CT molecular complexity index is 617. The molecule has 1 N–H and O–H groups in total. The molecule has 1 aromatic carbocycles. The molecule has 2 aromatic rings. The molecule has 21 heavy (non-hydrogen) atoms. The van der Waals surface area contributed by atoms with Crippen LogP contribution >= 0.6 is 22.9 Å². The minimum absolute atomic E-state index is 0.198. The molecule has 3 nitrogen and oxygen atoms in total. The number of nitrogens with zero attached hydrogens (tertiary/aromatic N) is 1. The lowest BCUT2D eigenvalue weighted by Crippen LogP contribution is -2.23. The van der Waals surface area contributed by atoms with Crippen LogP contribution in [0.5, 0.6) is 0 Å². The molecule has 0 aliphatic heterocycles. The molecule has 1 aromatic heterocycles. The van der Waals surface area contributed by atoms with E-state index in [4.69, 9.17) is 11.6 Å². The number of rotatable bonds is 6. The number of nitrogens with one attached hydrogen (secondary N) is 1. The van der Waals surface area contributed by atoms with Crippen molar-refractivity contribution in [2.45, 2.75) is 13.0 Å². The van der Waals surface area contributed by atoms with Gasteiger partial charge < -0.3 is 10.2 Å². The molecule has 0 unspecified atom stereocenters. The van der Waals surface area contributed by atoms with Gasteiger partial charge in [0.05, 0.1) is 10.0 Å². The molecule has 0 saturated carbocycles. The van der Waals surface area contributed by atoms with Crippen LogP contribution in [-0.2, 0) is 11.3 Å². The SMILES string of the molecule is CN(CCC(=O)Nc1ccccc1F)Cc1ccc(Cl)s1. The van der Waals surface area contributed by atoms with Gasteiger partial charge in [0.1, 0.15) is 5.82 Å². The van der Waals surface area contributed by atoms with E-state index in [1.54, 1.807) is 18.2 Å². The minimum Gasteiger partial charge on any atom is -0.324 e. The van der Waals surface area contributed by atoms with Crippen molar-refractivity contribution in [2.75, 3.05) is 18.9 Å². The summed E-state index contributed by atoms with van der Waals surface area (Å²) in [5.41, 5.74) is 0.218. The second-order valence-corrected chi connectivity index (χ2v) is 6.52. The normalized spacial score (nSPS) is 10.9. The smallest absolute Gasteiger partial charge is 0.225 e. The molecule has 2 rings (SSSR count). The first-order valence-corrected chi connectivity index (χ1v) is 7.71. The summed E-state index contributed by atoms with van der Waals surface area (Å²) < 4.78 is 14.2. The number of halogens is 2. The maximum absolute atomic E-state index is 13.4. The van der Waals surface area contributed by atoms with Crippen molar-refractivity contribution in [1.29, 1.82) is 0 Å². The number of hydrogen-bond donors (Lipinski definition) is 1. The Morgan fingerprint density at radius 2 is 2.10 bits per heavy atom. The van der Waals surface area contributed by atoms with E-state index in [-0.39, 0.29) is 11.6 Å². The summed E-state index contributed by atoms with van der Waals surface area (Å²) in [6, 6.07) is 9.98. The van der Waals surface area contributed by atoms with Crippen LogP contribution in [0.2, 0.25) is 4.34 Å². The third-order valence-corrected chi connectivity index (χ3v) is 4.14. The summed E-state index contributed by atoms with van der Waals surface area (Å²) in [6.45, 7) is 1.33. The van der Waals surface area contributed by atoms with Crippen molar-refractivity contribution in [3.8, 4) is 0 Å². The Kier molecular flexibility index (Phi) is 5.73. The number of thiophene rings is 1. The van der Waals surface area contributed by atoms with Crippen LogP contribution in [0.1, 0.15) is 11.3 Å². The van der Waals surface area contributed by atoms with Crippen LogP contribution in [0.3, 0.4) is 0 Å². The maximum atomic E-state index is 13.4. The summed E-state index contributed by atoms with van der Waals surface area (Å²) in [4.78, 5) is 15.0. The fourth-order valence-electron chi connectivity index (χ4n) is 1.85. The molecule has 1 amide bonds. The molecule has 112 valence electrons. The van der Waals surface area contributed by atoms with E-state index in [2.05, 4.69) is 5.32 Å². The van der Waals surface area contributed by atoms with Gasteiger partial charge in [0.25, 0.3) is 0 Å². The van der Waals surface area contributed by atoms with Gasteiger partial charge in [-0.2, -0.15) is 0 Å². The van der Waals surface area contributed by atoms with Crippen LogP contribution in [0.4, 0.5) is 10.1 Å². The Balaban J connectivity index is 1.77. The summed E-state index contributed by atoms with van der Waals surface area (Å²) >= 11 is 7.41. The highest BCUT2D eigenvalue weighted by atomic mass is 35.5. The molecule has 0 fully saturated rings. The molecule has 0 saturated heterocycles. The largest absolute Gasteiger partial charge is 0.324 e. The van der Waals surface area contributed by atoms with E-state index in [1.807, 2.05) is 24.1 Å². The van der Waals surface area contributed by atoms with Crippen LogP contribution in [-0.4, -0.2) is 24.4 Å². The Morgan fingerprint density at radius 3 is 2.76 bits per heavy atom. The van der Waals surface area contributed by atoms with Gasteiger partial charge in [-0.15, -0.1) is 11.3 Å². The molecule has 1 heterocycles. The van der Waals surface area contributed by atoms with Crippen molar-refractivity contribution in [2.24, 2.45) is 0 Å². The first kappa shape index (κ1) is 15.9. The van der Waals surface area contributed by atoms with Crippen LogP contribution in [0, 0.1) is 5.82 Å². The Hall–Kier alpha value is -1.43. The lowest BCUT2D eigenvalue weighted by molar-refractivity contribution is -0.116. The van der Waals surface area contributed by atoms with E-state index in [1.165, 1.54) is 17.4 Å². The van der Waals surface area contributed by atoms with Crippen molar-refractivity contribution < 1.29 is 9.18 Å². The molecule has 0 aliphatic rings. The van der Waals surface area contributed by atoms with E-state index in [0.29, 0.717) is 13.0 Å². The molecular formula is C15H16ClFN2OS. The Labute approximate surface area is 132 Å². The number of anilines is 1. The molecule has 0 radical (unpaired) electrons. The standard InChI is InChI=1S/C15H16ClFN2OS/c1-19(10-11-6-7-14(16)21-11)9-8-15(20)18-13-5-3-2-4-12(13)17/h2-7H,8-10H2,1H3,(H,18,20). The zero-order valence-corrected chi connectivity index (χ0v) is 13.2. The van der Waals surface area contributed by atoms with Crippen molar-refractivity contribution in [3.63, 3.8) is 0 Å². The van der Waals surface area contributed by atoms with E-state index in [9.17, 15) is 9.18 Å². The quantitative estimate of drug-likeness (QED) is 0.870. The molecule has 0 spiro atoms. The summed E-state index contributed by atoms with van der Waals surface area (Å²) in [5, 5.41) is 2.57. The average Bonchev–Trinajstić information content (AvgIpc) is 2.84. The first-order valence-electron chi connectivity index (χ1n) is 6.52. The molecule has 0 bridgehead atoms. The second kappa shape index (κ2) is 7.54. The van der Waals surface area contributed by atoms with Crippen molar-refractivity contribution in [1.82, 2.24) is 4.90 Å². The molecule has 0 atom stereocenters. The number of benzene rings is 1. The number of carbonyl (C=O) groups excluding carboxylic acids is 1. The number of para-hydroxylation sites is 1. The Morgan fingerprint density at radius 1 is 1.33 bits per heavy atom. The predicted octanol–water partition coefficient (Wildman–Crippen LogP) is 4.00. The van der Waals surface area contributed by atoms with Gasteiger partial charge in [-0.1, -0.05) is 23.7 Å². The number of amides is 1. The van der Waals surface area contributed by atoms with Crippen molar-refractivity contribution in [3.05, 3.63) is 51.4 Å². The van der Waals surface area contributed by atoms with Gasteiger partial charge in [-0.05, 0) is 31.3 Å². The predicted molar refractivity (Wildman–Crippen MR) is 85.3 cm³/mol. The minimum atomic E-state index is -0.424. The van der Waals surface area contributed by atoms with E-state index < -0.39 is 5.82 Å². The highest BCUT2D eigenvalue weighted by Gasteiger charge is 2.09. The van der Waals surface area contributed by atoms with E-state index in [0.717, 1.165) is 15.8 Å². The van der Waals surface area contributed by atoms with Gasteiger partial charge in [-0.25, -0.2) is 4.39 Å². The van der Waals surface area contributed by atoms with Gasteiger partial charge in [-0.3, -0.25) is 4.79 Å². The van der Waals surface area contributed by atoms with Crippen LogP contribution in [0.25, 0.3) is 0 Å². The highest BCUT2D eigenvalue weighted by molar-refractivity contribution is 7.16. The fourth-order valence-corrected chi connectivity index (χ4v) is 3.02. The zero-order chi connectivity index (χ0) is 15.2. The lowest BCUT2D eigenvalue weighted by Gasteiger charge is -2.15. The monoisotopic (exact) mass is 326 g/mol. The van der Waals surface area contributed by atoms with E-state index >= 15 is 0 Å². The summed E-state index contributed by atoms with van der Waals surface area (Å²) in [7, 11) is 1.93. The third-order valence-electron chi connectivity index (χ3n) is 2.92. The van der Waals surface area contributed by atoms with Gasteiger partial charge in [0, 0.05) is 24.4 Å². The van der Waals surface area contributed by atoms with Gasteiger partial charge in [0.15, 0.2) is 0 Å². The molecule has 6 heteroatoms. The van der Waals surface area contributed by atoms with Gasteiger partial charge in [0.2, 0.25) is 5.91 Å². The summed E-state index contributed by atoms with van der Waals surface area (Å²) in [5.74, 6) is -0.622. The maximum Gasteiger partial charge on any atom is 0.225 e. The average molecular weight is 327 g/mol. The topological polar surface area (TPSA) is 32.3 Å². The van der Waals surface area contributed by atoms with Gasteiger partial charge >= 0.3 is 0 Å². The van der Waals surface area contributed by atoms with Crippen molar-refractivity contribution >= 4 is 34.5 Å². The summed E-state index contributed by atoms with van der Waals surface area (Å²) in [6.07, 6.45) is 0.309. The fraction of sp³-hybridized carbons (Fsp3) is 0.267. The highest BCUT2D eigenvalue weighted by Crippen LogP contribution is 2.22. The lowest BCUT2D eigenvalue weighted by atomic mass is 10.3. The van der Waals surface area contributed by atoms with Crippen LogP contribution < -0.4 is 5.32 Å². The third kappa shape index (κ3) is 5.12. The molecular weight excluding hydrogens is 311 g/mol.